The number of aliphatic hydroxyl groups excluding tert-OH is 1. The molecule has 19 heavy (non-hydrogen) atoms. The molecule has 1 aromatic carbocycles. The molecule has 0 aliphatic carbocycles. The van der Waals surface area contributed by atoms with Gasteiger partial charge in [-0.05, 0) is 17.9 Å². The smallest absolute Gasteiger partial charge is 0.237 e. The molecule has 0 spiro atoms. The number of carbonyl (C=O) groups excluding carboxylic acids is 1. The summed E-state index contributed by atoms with van der Waals surface area (Å²) >= 11 is 0. The number of hydrogen-bond acceptors (Lipinski definition) is 3. The molecular formula is C15H24N2O2. The molecule has 0 heterocycles. The normalized spacial score (nSPS) is 14.2. The van der Waals surface area contributed by atoms with Crippen molar-refractivity contribution in [2.75, 3.05) is 6.54 Å². The van der Waals surface area contributed by atoms with Crippen molar-refractivity contribution in [3.8, 4) is 0 Å². The van der Waals surface area contributed by atoms with Crippen LogP contribution >= 0.6 is 0 Å². The van der Waals surface area contributed by atoms with Gasteiger partial charge in [0.05, 0.1) is 12.1 Å². The number of carbonyl (C=O) groups is 1. The van der Waals surface area contributed by atoms with Crippen LogP contribution in [-0.4, -0.2) is 29.7 Å². The minimum absolute atomic E-state index is 0.194. The van der Waals surface area contributed by atoms with Crippen LogP contribution in [0.3, 0.4) is 0 Å². The third kappa shape index (κ3) is 6.36. The number of amides is 1. The number of aliphatic hydroxyl groups is 1. The standard InChI is InChI=1S/C15H24N2O2/c1-11(2)8-14(16)15(19)17-10-13(18)9-12-6-4-3-5-7-12/h3-7,11,13-14,18H,8-10,16H2,1-2H3,(H,17,19)/t13?,14-/m0/s1. The van der Waals surface area contributed by atoms with Crippen LogP contribution in [0.5, 0.6) is 0 Å². The Bertz CT molecular complexity index is 379. The van der Waals surface area contributed by atoms with Crippen molar-refractivity contribution < 1.29 is 9.90 Å². The molecule has 1 amide bonds. The number of hydrogen-bond donors (Lipinski definition) is 3. The van der Waals surface area contributed by atoms with Crippen molar-refractivity contribution in [3.63, 3.8) is 0 Å². The fraction of sp³-hybridized carbons (Fsp3) is 0.533. The van der Waals surface area contributed by atoms with Gasteiger partial charge in [0.2, 0.25) is 5.91 Å². The summed E-state index contributed by atoms with van der Waals surface area (Å²) in [5.74, 6) is 0.191. The van der Waals surface area contributed by atoms with Crippen molar-refractivity contribution in [1.82, 2.24) is 5.32 Å². The van der Waals surface area contributed by atoms with E-state index in [0.717, 1.165) is 5.56 Å². The van der Waals surface area contributed by atoms with E-state index in [0.29, 0.717) is 18.8 Å². The summed E-state index contributed by atoms with van der Waals surface area (Å²) in [6, 6.07) is 9.20. The van der Waals surface area contributed by atoms with E-state index in [4.69, 9.17) is 5.73 Å². The minimum Gasteiger partial charge on any atom is -0.391 e. The number of nitrogens with one attached hydrogen (secondary N) is 1. The van der Waals surface area contributed by atoms with Crippen molar-refractivity contribution >= 4 is 5.91 Å². The van der Waals surface area contributed by atoms with Crippen LogP contribution in [0, 0.1) is 5.92 Å². The van der Waals surface area contributed by atoms with E-state index in [1.165, 1.54) is 0 Å². The zero-order valence-electron chi connectivity index (χ0n) is 11.7. The second-order valence-electron chi connectivity index (χ2n) is 5.32. The number of nitrogens with two attached hydrogens (primary N) is 1. The van der Waals surface area contributed by atoms with E-state index in [1.807, 2.05) is 44.2 Å². The third-order valence-electron chi connectivity index (χ3n) is 2.89. The molecule has 0 aliphatic rings. The fourth-order valence-corrected chi connectivity index (χ4v) is 1.92. The van der Waals surface area contributed by atoms with Gasteiger partial charge in [-0.2, -0.15) is 0 Å². The molecule has 1 aromatic rings. The Kier molecular flexibility index (Phi) is 6.53. The number of rotatable bonds is 7. The molecule has 1 rings (SSSR count). The Morgan fingerprint density at radius 2 is 1.95 bits per heavy atom. The lowest BCUT2D eigenvalue weighted by molar-refractivity contribution is -0.123. The van der Waals surface area contributed by atoms with Crippen molar-refractivity contribution in [2.24, 2.45) is 11.7 Å². The Hall–Kier alpha value is -1.39. The molecule has 0 saturated carbocycles. The summed E-state index contributed by atoms with van der Waals surface area (Å²) in [6.45, 7) is 4.29. The molecule has 0 aromatic heterocycles. The Balaban J connectivity index is 2.30. The van der Waals surface area contributed by atoms with Crippen molar-refractivity contribution in [3.05, 3.63) is 35.9 Å². The second kappa shape index (κ2) is 7.92. The van der Waals surface area contributed by atoms with E-state index >= 15 is 0 Å². The van der Waals surface area contributed by atoms with Gasteiger partial charge >= 0.3 is 0 Å². The van der Waals surface area contributed by atoms with Crippen LogP contribution in [0.25, 0.3) is 0 Å². The van der Waals surface area contributed by atoms with Gasteiger partial charge in [-0.3, -0.25) is 4.79 Å². The first-order valence-electron chi connectivity index (χ1n) is 6.74. The maximum absolute atomic E-state index is 11.7. The first-order chi connectivity index (χ1) is 8.99. The summed E-state index contributed by atoms with van der Waals surface area (Å²) in [5.41, 5.74) is 6.81. The molecule has 2 atom stereocenters. The Labute approximate surface area is 115 Å². The van der Waals surface area contributed by atoms with Crippen molar-refractivity contribution in [1.29, 1.82) is 0 Å². The summed E-state index contributed by atoms with van der Waals surface area (Å²) in [5, 5.41) is 12.6. The topological polar surface area (TPSA) is 75.4 Å². The summed E-state index contributed by atoms with van der Waals surface area (Å²) in [4.78, 5) is 11.7. The quantitative estimate of drug-likeness (QED) is 0.690. The molecule has 4 N–H and O–H groups in total. The second-order valence-corrected chi connectivity index (χ2v) is 5.32. The van der Waals surface area contributed by atoms with E-state index < -0.39 is 12.1 Å². The fourth-order valence-electron chi connectivity index (χ4n) is 1.92. The lowest BCUT2D eigenvalue weighted by Gasteiger charge is -2.16. The molecule has 0 fully saturated rings. The Morgan fingerprint density at radius 1 is 1.32 bits per heavy atom. The molecule has 4 nitrogen and oxygen atoms in total. The van der Waals surface area contributed by atoms with E-state index in [9.17, 15) is 9.90 Å². The van der Waals surface area contributed by atoms with Gasteiger partial charge in [0, 0.05) is 13.0 Å². The minimum atomic E-state index is -0.586. The first-order valence-corrected chi connectivity index (χ1v) is 6.74. The van der Waals surface area contributed by atoms with Crippen LogP contribution in [-0.2, 0) is 11.2 Å². The average Bonchev–Trinajstić information content (AvgIpc) is 2.36. The molecule has 1 unspecified atom stereocenters. The maximum Gasteiger partial charge on any atom is 0.237 e. The molecular weight excluding hydrogens is 240 g/mol. The largest absolute Gasteiger partial charge is 0.391 e. The zero-order valence-corrected chi connectivity index (χ0v) is 11.7. The summed E-state index contributed by atoms with van der Waals surface area (Å²) in [6.07, 6.45) is 0.596. The van der Waals surface area contributed by atoms with Crippen LogP contribution in [0.15, 0.2) is 30.3 Å². The van der Waals surface area contributed by atoms with Gasteiger partial charge < -0.3 is 16.2 Å². The van der Waals surface area contributed by atoms with Crippen LogP contribution in [0.4, 0.5) is 0 Å². The SMILES string of the molecule is CC(C)C[C@H](N)C(=O)NCC(O)Cc1ccccc1. The lowest BCUT2D eigenvalue weighted by atomic mass is 10.0. The summed E-state index contributed by atoms with van der Waals surface area (Å²) in [7, 11) is 0. The van der Waals surface area contributed by atoms with Crippen LogP contribution < -0.4 is 11.1 Å². The monoisotopic (exact) mass is 264 g/mol. The van der Waals surface area contributed by atoms with E-state index in [2.05, 4.69) is 5.32 Å². The molecule has 4 heteroatoms. The molecule has 0 aliphatic heterocycles. The van der Waals surface area contributed by atoms with Crippen molar-refractivity contribution in [2.45, 2.75) is 38.8 Å². The van der Waals surface area contributed by atoms with Gasteiger partial charge in [-0.15, -0.1) is 0 Å². The highest BCUT2D eigenvalue weighted by Gasteiger charge is 2.15. The zero-order chi connectivity index (χ0) is 14.3. The third-order valence-corrected chi connectivity index (χ3v) is 2.89. The molecule has 0 saturated heterocycles. The van der Waals surface area contributed by atoms with Gasteiger partial charge in [-0.25, -0.2) is 0 Å². The Morgan fingerprint density at radius 3 is 2.53 bits per heavy atom. The van der Waals surface area contributed by atoms with Gasteiger partial charge in [0.1, 0.15) is 0 Å². The lowest BCUT2D eigenvalue weighted by Crippen LogP contribution is -2.44. The van der Waals surface area contributed by atoms with E-state index in [-0.39, 0.29) is 12.5 Å². The molecule has 0 radical (unpaired) electrons. The van der Waals surface area contributed by atoms with Crippen LogP contribution in [0.1, 0.15) is 25.8 Å². The predicted molar refractivity (Wildman–Crippen MR) is 76.6 cm³/mol. The van der Waals surface area contributed by atoms with Crippen LogP contribution in [0.2, 0.25) is 0 Å². The highest BCUT2D eigenvalue weighted by atomic mass is 16.3. The van der Waals surface area contributed by atoms with Gasteiger partial charge in [-0.1, -0.05) is 44.2 Å². The van der Waals surface area contributed by atoms with E-state index in [1.54, 1.807) is 0 Å². The van der Waals surface area contributed by atoms with Gasteiger partial charge in [0.25, 0.3) is 0 Å². The summed E-state index contributed by atoms with van der Waals surface area (Å²) < 4.78 is 0. The highest BCUT2D eigenvalue weighted by molar-refractivity contribution is 5.81. The highest BCUT2D eigenvalue weighted by Crippen LogP contribution is 2.04. The number of benzene rings is 1. The first kappa shape index (κ1) is 15.7. The predicted octanol–water partition coefficient (Wildman–Crippen LogP) is 1.08. The van der Waals surface area contributed by atoms with Gasteiger partial charge in [0.15, 0.2) is 0 Å². The molecule has 106 valence electrons. The maximum atomic E-state index is 11.7. The average molecular weight is 264 g/mol. The molecule has 0 bridgehead atoms.